The normalized spacial score (nSPS) is 14.5. The lowest BCUT2D eigenvalue weighted by molar-refractivity contribution is 0.0691. The number of hydrogen-bond donors (Lipinski definition) is 1. The highest BCUT2D eigenvalue weighted by atomic mass is 16.5. The van der Waals surface area contributed by atoms with Crippen molar-refractivity contribution >= 4 is 11.8 Å². The standard InChI is InChI=1S/C20H23N3O4/c1-26-16-7-5-8-17(27-2)18(16)20(25)23-12-9-14(10-13-23)22-19(24)15-6-3-4-11-21-15/h3-8,11,14H,9-10,12-13H2,1-2H3,(H,22,24). The lowest BCUT2D eigenvalue weighted by atomic mass is 10.0. The van der Waals surface area contributed by atoms with Gasteiger partial charge < -0.3 is 19.7 Å². The number of rotatable bonds is 5. The van der Waals surface area contributed by atoms with E-state index in [9.17, 15) is 9.59 Å². The molecule has 1 aliphatic rings. The Bertz CT molecular complexity index is 780. The number of carbonyl (C=O) groups is 2. The van der Waals surface area contributed by atoms with E-state index in [4.69, 9.17) is 9.47 Å². The molecule has 3 rings (SSSR count). The molecule has 2 heterocycles. The van der Waals surface area contributed by atoms with Gasteiger partial charge in [-0.3, -0.25) is 14.6 Å². The van der Waals surface area contributed by atoms with Gasteiger partial charge in [-0.15, -0.1) is 0 Å². The first-order valence-electron chi connectivity index (χ1n) is 8.86. The number of likely N-dealkylation sites (tertiary alicyclic amines) is 1. The lowest BCUT2D eigenvalue weighted by Gasteiger charge is -2.33. The van der Waals surface area contributed by atoms with Crippen LogP contribution < -0.4 is 14.8 Å². The minimum atomic E-state index is -0.188. The van der Waals surface area contributed by atoms with E-state index < -0.39 is 0 Å². The van der Waals surface area contributed by atoms with Crippen LogP contribution in [-0.2, 0) is 0 Å². The van der Waals surface area contributed by atoms with Gasteiger partial charge in [0.1, 0.15) is 22.8 Å². The summed E-state index contributed by atoms with van der Waals surface area (Å²) in [7, 11) is 3.07. The molecule has 1 fully saturated rings. The second kappa shape index (κ2) is 8.53. The Morgan fingerprint density at radius 1 is 1.04 bits per heavy atom. The molecular weight excluding hydrogens is 346 g/mol. The third-order valence-electron chi connectivity index (χ3n) is 4.66. The predicted octanol–water partition coefficient (Wildman–Crippen LogP) is 2.13. The van der Waals surface area contributed by atoms with Crippen LogP contribution in [0.15, 0.2) is 42.6 Å². The highest BCUT2D eigenvalue weighted by molar-refractivity contribution is 5.99. The number of nitrogens with one attached hydrogen (secondary N) is 1. The molecule has 0 unspecified atom stereocenters. The van der Waals surface area contributed by atoms with Crippen molar-refractivity contribution in [1.82, 2.24) is 15.2 Å². The molecular formula is C20H23N3O4. The minimum Gasteiger partial charge on any atom is -0.496 e. The van der Waals surface area contributed by atoms with Gasteiger partial charge in [-0.2, -0.15) is 0 Å². The number of benzene rings is 1. The summed E-state index contributed by atoms with van der Waals surface area (Å²) in [5.41, 5.74) is 0.827. The number of hydrogen-bond acceptors (Lipinski definition) is 5. The van der Waals surface area contributed by atoms with Crippen LogP contribution in [-0.4, -0.2) is 55.0 Å². The Kier molecular flexibility index (Phi) is 5.90. The summed E-state index contributed by atoms with van der Waals surface area (Å²) in [5.74, 6) is 0.667. The Balaban J connectivity index is 1.63. The summed E-state index contributed by atoms with van der Waals surface area (Å²) in [6, 6.07) is 10.5. The van der Waals surface area contributed by atoms with E-state index in [0.29, 0.717) is 48.7 Å². The molecule has 7 nitrogen and oxygen atoms in total. The van der Waals surface area contributed by atoms with Crippen molar-refractivity contribution in [3.8, 4) is 11.5 Å². The van der Waals surface area contributed by atoms with E-state index >= 15 is 0 Å². The van der Waals surface area contributed by atoms with Crippen LogP contribution in [0.2, 0.25) is 0 Å². The molecule has 0 saturated carbocycles. The van der Waals surface area contributed by atoms with Crippen molar-refractivity contribution in [2.24, 2.45) is 0 Å². The molecule has 1 aliphatic heterocycles. The molecule has 27 heavy (non-hydrogen) atoms. The van der Waals surface area contributed by atoms with Crippen molar-refractivity contribution in [2.75, 3.05) is 27.3 Å². The van der Waals surface area contributed by atoms with E-state index in [1.165, 1.54) is 14.2 Å². The smallest absolute Gasteiger partial charge is 0.270 e. The maximum atomic E-state index is 13.0. The topological polar surface area (TPSA) is 80.8 Å². The van der Waals surface area contributed by atoms with Gasteiger partial charge in [0.05, 0.1) is 14.2 Å². The first-order valence-corrected chi connectivity index (χ1v) is 8.86. The van der Waals surface area contributed by atoms with E-state index in [1.807, 2.05) is 0 Å². The van der Waals surface area contributed by atoms with E-state index in [2.05, 4.69) is 10.3 Å². The molecule has 0 radical (unpaired) electrons. The van der Waals surface area contributed by atoms with Crippen molar-refractivity contribution in [1.29, 1.82) is 0 Å². The number of carbonyl (C=O) groups excluding carboxylic acids is 2. The largest absolute Gasteiger partial charge is 0.496 e. The zero-order chi connectivity index (χ0) is 19.2. The van der Waals surface area contributed by atoms with Gasteiger partial charge in [-0.05, 0) is 37.1 Å². The molecule has 2 aromatic rings. The van der Waals surface area contributed by atoms with Gasteiger partial charge in [-0.1, -0.05) is 12.1 Å². The van der Waals surface area contributed by atoms with Crippen molar-refractivity contribution < 1.29 is 19.1 Å². The summed E-state index contributed by atoms with van der Waals surface area (Å²) >= 11 is 0. The lowest BCUT2D eigenvalue weighted by Crippen LogP contribution is -2.46. The molecule has 1 saturated heterocycles. The van der Waals surface area contributed by atoms with Gasteiger partial charge >= 0.3 is 0 Å². The number of nitrogens with zero attached hydrogens (tertiary/aromatic N) is 2. The Labute approximate surface area is 158 Å². The summed E-state index contributed by atoms with van der Waals surface area (Å²) in [6.07, 6.45) is 2.96. The van der Waals surface area contributed by atoms with Crippen molar-refractivity contribution in [3.05, 3.63) is 53.9 Å². The fourth-order valence-electron chi connectivity index (χ4n) is 3.20. The van der Waals surface area contributed by atoms with Crippen molar-refractivity contribution in [2.45, 2.75) is 18.9 Å². The summed E-state index contributed by atoms with van der Waals surface area (Å²) in [4.78, 5) is 31.0. The molecule has 1 aromatic heterocycles. The van der Waals surface area contributed by atoms with Crippen LogP contribution in [0.4, 0.5) is 0 Å². The highest BCUT2D eigenvalue weighted by Gasteiger charge is 2.28. The quantitative estimate of drug-likeness (QED) is 0.873. The van der Waals surface area contributed by atoms with Crippen LogP contribution in [0.1, 0.15) is 33.7 Å². The maximum Gasteiger partial charge on any atom is 0.270 e. The molecule has 142 valence electrons. The van der Waals surface area contributed by atoms with Gasteiger partial charge in [0.25, 0.3) is 11.8 Å². The molecule has 2 amide bonds. The highest BCUT2D eigenvalue weighted by Crippen LogP contribution is 2.30. The number of piperidine rings is 1. The molecule has 0 aliphatic carbocycles. The Morgan fingerprint density at radius 3 is 2.26 bits per heavy atom. The minimum absolute atomic E-state index is 0.0168. The Hall–Kier alpha value is -3.09. The van der Waals surface area contributed by atoms with Gasteiger partial charge in [-0.25, -0.2) is 0 Å². The van der Waals surface area contributed by atoms with E-state index in [1.54, 1.807) is 47.5 Å². The second-order valence-corrected chi connectivity index (χ2v) is 6.29. The average Bonchev–Trinajstić information content (AvgIpc) is 2.73. The number of ether oxygens (including phenoxy) is 2. The van der Waals surface area contributed by atoms with Crippen LogP contribution in [0.3, 0.4) is 0 Å². The third kappa shape index (κ3) is 4.19. The molecule has 0 atom stereocenters. The number of aromatic nitrogens is 1. The van der Waals surface area contributed by atoms with E-state index in [-0.39, 0.29) is 17.9 Å². The number of methoxy groups -OCH3 is 2. The predicted molar refractivity (Wildman–Crippen MR) is 100 cm³/mol. The number of amides is 2. The van der Waals surface area contributed by atoms with Gasteiger partial charge in [0, 0.05) is 25.3 Å². The zero-order valence-corrected chi connectivity index (χ0v) is 15.5. The first-order chi connectivity index (χ1) is 13.1. The van der Waals surface area contributed by atoms with Crippen LogP contribution in [0.25, 0.3) is 0 Å². The molecule has 1 aromatic carbocycles. The fraction of sp³-hybridized carbons (Fsp3) is 0.350. The van der Waals surface area contributed by atoms with Crippen LogP contribution in [0.5, 0.6) is 11.5 Å². The summed E-state index contributed by atoms with van der Waals surface area (Å²) in [6.45, 7) is 1.10. The second-order valence-electron chi connectivity index (χ2n) is 6.29. The molecule has 0 bridgehead atoms. The summed E-state index contributed by atoms with van der Waals surface area (Å²) < 4.78 is 10.7. The molecule has 7 heteroatoms. The maximum absolute atomic E-state index is 13.0. The zero-order valence-electron chi connectivity index (χ0n) is 15.5. The molecule has 0 spiro atoms. The molecule has 1 N–H and O–H groups in total. The van der Waals surface area contributed by atoms with Gasteiger partial charge in [0.15, 0.2) is 0 Å². The monoisotopic (exact) mass is 369 g/mol. The van der Waals surface area contributed by atoms with E-state index in [0.717, 1.165) is 0 Å². The SMILES string of the molecule is COc1cccc(OC)c1C(=O)N1CCC(NC(=O)c2ccccn2)CC1. The van der Waals surface area contributed by atoms with Crippen LogP contribution >= 0.6 is 0 Å². The van der Waals surface area contributed by atoms with Crippen LogP contribution in [0, 0.1) is 0 Å². The Morgan fingerprint density at radius 2 is 1.70 bits per heavy atom. The van der Waals surface area contributed by atoms with Crippen molar-refractivity contribution in [3.63, 3.8) is 0 Å². The van der Waals surface area contributed by atoms with Gasteiger partial charge in [0.2, 0.25) is 0 Å². The average molecular weight is 369 g/mol. The third-order valence-corrected chi connectivity index (χ3v) is 4.66. The first kappa shape index (κ1) is 18.7. The number of pyridine rings is 1. The fourth-order valence-corrected chi connectivity index (χ4v) is 3.20. The summed E-state index contributed by atoms with van der Waals surface area (Å²) in [5, 5.41) is 2.99.